The smallest absolute Gasteiger partial charge is 0.232 e. The van der Waals surface area contributed by atoms with Crippen molar-refractivity contribution in [2.24, 2.45) is 10.4 Å². The second-order valence-electron chi connectivity index (χ2n) is 7.50. The van der Waals surface area contributed by atoms with Gasteiger partial charge in [-0.3, -0.25) is 0 Å². The summed E-state index contributed by atoms with van der Waals surface area (Å²) in [4.78, 5) is 8.97. The van der Waals surface area contributed by atoms with Gasteiger partial charge in [0, 0.05) is 25.1 Å². The Labute approximate surface area is 151 Å². The zero-order valence-electron chi connectivity index (χ0n) is 16.6. The Morgan fingerprint density at radius 1 is 1.16 bits per heavy atom. The molecule has 1 aromatic rings. The standard InChI is InChI=1S/C18H35N5O2/c1-7-18(8-2,10-11-24)13-21-16(19-9-3)20-12-14-22-15(25-23-14)17(4,5)6/h24H,7-13H2,1-6H3,(H2,19,20,21). The highest BCUT2D eigenvalue weighted by molar-refractivity contribution is 5.79. The number of guanidine groups is 1. The molecule has 25 heavy (non-hydrogen) atoms. The Hall–Kier alpha value is -1.63. The maximum Gasteiger partial charge on any atom is 0.232 e. The van der Waals surface area contributed by atoms with Gasteiger partial charge < -0.3 is 20.3 Å². The molecule has 144 valence electrons. The van der Waals surface area contributed by atoms with Gasteiger partial charge in [0.25, 0.3) is 0 Å². The second kappa shape index (κ2) is 9.75. The second-order valence-corrected chi connectivity index (χ2v) is 7.50. The molecular formula is C18H35N5O2. The van der Waals surface area contributed by atoms with Crippen LogP contribution in [0, 0.1) is 5.41 Å². The summed E-state index contributed by atoms with van der Waals surface area (Å²) in [6, 6.07) is 0. The van der Waals surface area contributed by atoms with E-state index in [1.807, 2.05) is 27.7 Å². The normalized spacial score (nSPS) is 13.2. The fourth-order valence-electron chi connectivity index (χ4n) is 2.56. The van der Waals surface area contributed by atoms with Crippen LogP contribution in [0.2, 0.25) is 0 Å². The third-order valence-corrected chi connectivity index (χ3v) is 4.61. The topological polar surface area (TPSA) is 95.6 Å². The molecule has 0 aliphatic carbocycles. The van der Waals surface area contributed by atoms with E-state index in [4.69, 9.17) is 4.52 Å². The SMILES string of the molecule is CCNC(=NCc1noc(C(C)(C)C)n1)NCC(CC)(CC)CCO. The number of nitrogens with zero attached hydrogens (tertiary/aromatic N) is 3. The number of aliphatic hydroxyl groups is 1. The number of aliphatic imine (C=N–C) groups is 1. The molecule has 0 unspecified atom stereocenters. The van der Waals surface area contributed by atoms with Crippen molar-refractivity contribution in [3.63, 3.8) is 0 Å². The van der Waals surface area contributed by atoms with E-state index >= 15 is 0 Å². The first-order valence-electron chi connectivity index (χ1n) is 9.26. The van der Waals surface area contributed by atoms with E-state index in [9.17, 15) is 5.11 Å². The molecule has 0 amide bonds. The van der Waals surface area contributed by atoms with Crippen molar-refractivity contribution in [2.45, 2.75) is 72.8 Å². The lowest BCUT2D eigenvalue weighted by molar-refractivity contribution is 0.169. The minimum Gasteiger partial charge on any atom is -0.396 e. The van der Waals surface area contributed by atoms with Crippen LogP contribution in [0.3, 0.4) is 0 Å². The molecule has 1 rings (SSSR count). The van der Waals surface area contributed by atoms with Crippen molar-refractivity contribution < 1.29 is 9.63 Å². The van der Waals surface area contributed by atoms with Gasteiger partial charge in [0.15, 0.2) is 11.8 Å². The van der Waals surface area contributed by atoms with Crippen LogP contribution in [0.15, 0.2) is 9.52 Å². The maximum atomic E-state index is 9.35. The quantitative estimate of drug-likeness (QED) is 0.466. The number of aliphatic hydroxyl groups excluding tert-OH is 1. The molecular weight excluding hydrogens is 318 g/mol. The van der Waals surface area contributed by atoms with E-state index in [1.165, 1.54) is 0 Å². The van der Waals surface area contributed by atoms with Gasteiger partial charge in [0.1, 0.15) is 6.54 Å². The Morgan fingerprint density at radius 3 is 2.32 bits per heavy atom. The molecule has 1 aromatic heterocycles. The lowest BCUT2D eigenvalue weighted by Gasteiger charge is -2.32. The van der Waals surface area contributed by atoms with Crippen molar-refractivity contribution in [1.29, 1.82) is 0 Å². The van der Waals surface area contributed by atoms with E-state index in [-0.39, 0.29) is 17.4 Å². The Morgan fingerprint density at radius 2 is 1.84 bits per heavy atom. The van der Waals surface area contributed by atoms with Gasteiger partial charge in [-0.25, -0.2) is 4.99 Å². The van der Waals surface area contributed by atoms with E-state index in [2.05, 4.69) is 39.6 Å². The molecule has 3 N–H and O–H groups in total. The Balaban J connectivity index is 2.75. The van der Waals surface area contributed by atoms with Crippen LogP contribution in [-0.4, -0.2) is 40.9 Å². The third kappa shape index (κ3) is 6.65. The molecule has 0 atom stereocenters. The summed E-state index contributed by atoms with van der Waals surface area (Å²) < 4.78 is 5.30. The average Bonchev–Trinajstić information content (AvgIpc) is 3.05. The first-order valence-corrected chi connectivity index (χ1v) is 9.26. The van der Waals surface area contributed by atoms with E-state index in [1.54, 1.807) is 0 Å². The third-order valence-electron chi connectivity index (χ3n) is 4.61. The summed E-state index contributed by atoms with van der Waals surface area (Å²) in [5, 5.41) is 20.0. The highest BCUT2D eigenvalue weighted by Gasteiger charge is 2.26. The van der Waals surface area contributed by atoms with Crippen LogP contribution >= 0.6 is 0 Å². The van der Waals surface area contributed by atoms with Crippen molar-refractivity contribution >= 4 is 5.96 Å². The van der Waals surface area contributed by atoms with Crippen molar-refractivity contribution in [3.8, 4) is 0 Å². The summed E-state index contributed by atoms with van der Waals surface area (Å²) in [5.41, 5.74) is -0.0830. The molecule has 7 nitrogen and oxygen atoms in total. The number of rotatable bonds is 9. The van der Waals surface area contributed by atoms with Gasteiger partial charge >= 0.3 is 0 Å². The predicted molar refractivity (Wildman–Crippen MR) is 101 cm³/mol. The van der Waals surface area contributed by atoms with Crippen molar-refractivity contribution in [2.75, 3.05) is 19.7 Å². The fourth-order valence-corrected chi connectivity index (χ4v) is 2.56. The lowest BCUT2D eigenvalue weighted by atomic mass is 9.79. The minimum absolute atomic E-state index is 0.0798. The van der Waals surface area contributed by atoms with Gasteiger partial charge in [-0.2, -0.15) is 4.98 Å². The molecule has 0 aromatic carbocycles. The summed E-state index contributed by atoms with van der Waals surface area (Å²) in [6.45, 7) is 14.6. The van der Waals surface area contributed by atoms with Crippen LogP contribution in [0.1, 0.15) is 72.5 Å². The summed E-state index contributed by atoms with van der Waals surface area (Å²) in [5.74, 6) is 1.93. The predicted octanol–water partition coefficient (Wildman–Crippen LogP) is 2.61. The Bertz CT molecular complexity index is 530. The molecule has 0 saturated heterocycles. The van der Waals surface area contributed by atoms with Crippen molar-refractivity contribution in [1.82, 2.24) is 20.8 Å². The highest BCUT2D eigenvalue weighted by atomic mass is 16.5. The molecule has 1 heterocycles. The van der Waals surface area contributed by atoms with Crippen LogP contribution in [0.5, 0.6) is 0 Å². The van der Waals surface area contributed by atoms with Crippen molar-refractivity contribution in [3.05, 3.63) is 11.7 Å². The summed E-state index contributed by atoms with van der Waals surface area (Å²) in [7, 11) is 0. The number of hydrogen-bond acceptors (Lipinski definition) is 5. The minimum atomic E-state index is -0.163. The van der Waals surface area contributed by atoms with Gasteiger partial charge in [0.05, 0.1) is 0 Å². The van der Waals surface area contributed by atoms with Gasteiger partial charge in [-0.05, 0) is 31.6 Å². The maximum absolute atomic E-state index is 9.35. The van der Waals surface area contributed by atoms with Gasteiger partial charge in [-0.15, -0.1) is 0 Å². The summed E-state index contributed by atoms with van der Waals surface area (Å²) >= 11 is 0. The van der Waals surface area contributed by atoms with E-state index < -0.39 is 0 Å². The number of hydrogen-bond donors (Lipinski definition) is 3. The number of aromatic nitrogens is 2. The van der Waals surface area contributed by atoms with Gasteiger partial charge in [0.2, 0.25) is 5.89 Å². The highest BCUT2D eigenvalue weighted by Crippen LogP contribution is 2.29. The molecule has 0 aliphatic heterocycles. The van der Waals surface area contributed by atoms with Crippen LogP contribution in [-0.2, 0) is 12.0 Å². The Kier molecular flexibility index (Phi) is 8.35. The molecule has 0 fully saturated rings. The largest absolute Gasteiger partial charge is 0.396 e. The van der Waals surface area contributed by atoms with Gasteiger partial charge in [-0.1, -0.05) is 39.8 Å². The molecule has 0 aliphatic rings. The van der Waals surface area contributed by atoms with Crippen LogP contribution < -0.4 is 10.6 Å². The van der Waals surface area contributed by atoms with E-state index in [0.29, 0.717) is 18.3 Å². The molecule has 0 bridgehead atoms. The zero-order chi connectivity index (χ0) is 18.9. The van der Waals surface area contributed by atoms with E-state index in [0.717, 1.165) is 38.3 Å². The van der Waals surface area contributed by atoms with Crippen LogP contribution in [0.4, 0.5) is 0 Å². The first-order chi connectivity index (χ1) is 11.8. The van der Waals surface area contributed by atoms with Crippen LogP contribution in [0.25, 0.3) is 0 Å². The lowest BCUT2D eigenvalue weighted by Crippen LogP contribution is -2.43. The molecule has 7 heteroatoms. The summed E-state index contributed by atoms with van der Waals surface area (Å²) in [6.07, 6.45) is 2.80. The monoisotopic (exact) mass is 353 g/mol. The molecule has 0 spiro atoms. The average molecular weight is 354 g/mol. The first kappa shape index (κ1) is 21.4. The number of nitrogens with one attached hydrogen (secondary N) is 2. The zero-order valence-corrected chi connectivity index (χ0v) is 16.6. The molecule has 0 radical (unpaired) electrons. The molecule has 0 saturated carbocycles. The fraction of sp³-hybridized carbons (Fsp3) is 0.833.